The van der Waals surface area contributed by atoms with E-state index in [1.807, 2.05) is 13.8 Å². The van der Waals surface area contributed by atoms with Crippen LogP contribution < -0.4 is 5.32 Å². The molecule has 0 unspecified atom stereocenters. The summed E-state index contributed by atoms with van der Waals surface area (Å²) in [6.45, 7) is 8.28. The SMILES string of the molecule is CC.CCC1(CC)C(=S)Nc2nccnc21. The van der Waals surface area contributed by atoms with Gasteiger partial charge in [-0.2, -0.15) is 0 Å². The third kappa shape index (κ3) is 1.82. The van der Waals surface area contributed by atoms with Crippen LogP contribution in [0.2, 0.25) is 0 Å². The van der Waals surface area contributed by atoms with Crippen molar-refractivity contribution in [3.8, 4) is 0 Å². The zero-order valence-corrected chi connectivity index (χ0v) is 11.2. The smallest absolute Gasteiger partial charge is 0.153 e. The van der Waals surface area contributed by atoms with Gasteiger partial charge in [-0.15, -0.1) is 0 Å². The number of anilines is 1. The minimum absolute atomic E-state index is 0.0844. The van der Waals surface area contributed by atoms with Gasteiger partial charge in [0.25, 0.3) is 0 Å². The number of rotatable bonds is 2. The highest BCUT2D eigenvalue weighted by Crippen LogP contribution is 2.40. The summed E-state index contributed by atoms with van der Waals surface area (Å²) in [7, 11) is 0. The molecule has 2 heterocycles. The molecule has 0 saturated carbocycles. The maximum Gasteiger partial charge on any atom is 0.153 e. The first-order valence-corrected chi connectivity index (χ1v) is 6.28. The van der Waals surface area contributed by atoms with Crippen molar-refractivity contribution in [2.45, 2.75) is 46.0 Å². The van der Waals surface area contributed by atoms with Crippen molar-refractivity contribution < 1.29 is 0 Å². The molecule has 0 spiro atoms. The topological polar surface area (TPSA) is 37.8 Å². The molecule has 16 heavy (non-hydrogen) atoms. The molecule has 0 radical (unpaired) electrons. The molecule has 1 aromatic heterocycles. The number of hydrogen-bond acceptors (Lipinski definition) is 3. The summed E-state index contributed by atoms with van der Waals surface area (Å²) < 4.78 is 0. The molecular formula is C12H19N3S. The fraction of sp³-hybridized carbons (Fsp3) is 0.583. The Balaban J connectivity index is 0.000000606. The molecule has 1 N–H and O–H groups in total. The summed E-state index contributed by atoms with van der Waals surface area (Å²) in [6, 6.07) is 0. The molecule has 0 fully saturated rings. The van der Waals surface area contributed by atoms with E-state index in [0.29, 0.717) is 0 Å². The Hall–Kier alpha value is -1.03. The first-order valence-electron chi connectivity index (χ1n) is 5.87. The van der Waals surface area contributed by atoms with Gasteiger partial charge in [-0.3, -0.25) is 4.98 Å². The second kappa shape index (κ2) is 5.34. The lowest BCUT2D eigenvalue weighted by Crippen LogP contribution is -2.32. The molecule has 1 aliphatic rings. The van der Waals surface area contributed by atoms with Crippen LogP contribution in [-0.4, -0.2) is 15.0 Å². The summed E-state index contributed by atoms with van der Waals surface area (Å²) in [5, 5.41) is 3.15. The van der Waals surface area contributed by atoms with Crippen LogP contribution in [0.1, 0.15) is 46.2 Å². The Morgan fingerprint density at radius 3 is 2.31 bits per heavy atom. The Kier molecular flexibility index (Phi) is 4.35. The first kappa shape index (κ1) is 13.0. The largest absolute Gasteiger partial charge is 0.332 e. The average molecular weight is 237 g/mol. The van der Waals surface area contributed by atoms with Crippen LogP contribution in [0.4, 0.5) is 5.82 Å². The van der Waals surface area contributed by atoms with Gasteiger partial charge in [-0.05, 0) is 12.8 Å². The van der Waals surface area contributed by atoms with Crippen molar-refractivity contribution in [3.63, 3.8) is 0 Å². The Morgan fingerprint density at radius 2 is 1.75 bits per heavy atom. The zero-order chi connectivity index (χ0) is 12.2. The zero-order valence-electron chi connectivity index (χ0n) is 10.4. The summed E-state index contributed by atoms with van der Waals surface area (Å²) in [5.41, 5.74) is 0.925. The molecule has 0 bridgehead atoms. The normalized spacial score (nSPS) is 15.9. The number of hydrogen-bond donors (Lipinski definition) is 1. The van der Waals surface area contributed by atoms with Crippen molar-refractivity contribution in [1.29, 1.82) is 0 Å². The molecule has 1 aliphatic heterocycles. The summed E-state index contributed by atoms with van der Waals surface area (Å²) in [5.74, 6) is 0.834. The highest BCUT2D eigenvalue weighted by atomic mass is 32.1. The molecule has 1 aromatic rings. The molecule has 4 heteroatoms. The number of fused-ring (bicyclic) bond motifs is 1. The van der Waals surface area contributed by atoms with E-state index in [1.54, 1.807) is 12.4 Å². The van der Waals surface area contributed by atoms with E-state index in [4.69, 9.17) is 12.2 Å². The van der Waals surface area contributed by atoms with Gasteiger partial charge in [0, 0.05) is 12.4 Å². The lowest BCUT2D eigenvalue weighted by atomic mass is 9.81. The molecule has 0 atom stereocenters. The third-order valence-corrected chi connectivity index (χ3v) is 3.52. The van der Waals surface area contributed by atoms with Crippen LogP contribution in [0.5, 0.6) is 0 Å². The van der Waals surface area contributed by atoms with E-state index in [-0.39, 0.29) is 5.41 Å². The second-order valence-corrected chi connectivity index (χ2v) is 3.91. The van der Waals surface area contributed by atoms with E-state index < -0.39 is 0 Å². The summed E-state index contributed by atoms with van der Waals surface area (Å²) in [6.07, 6.45) is 5.37. The average Bonchev–Trinajstić information content (AvgIpc) is 2.64. The molecule has 88 valence electrons. The van der Waals surface area contributed by atoms with Crippen LogP contribution >= 0.6 is 12.2 Å². The van der Waals surface area contributed by atoms with Crippen LogP contribution in [0, 0.1) is 0 Å². The Morgan fingerprint density at radius 1 is 1.19 bits per heavy atom. The molecule has 0 amide bonds. The standard InChI is InChI=1S/C10H13N3S.C2H6/c1-3-10(4-2)7-8(13-9(10)14)12-6-5-11-7;1-2/h5-6H,3-4H2,1-2H3,(H,12,13,14);1-2H3. The van der Waals surface area contributed by atoms with Crippen molar-refractivity contribution in [1.82, 2.24) is 9.97 Å². The summed E-state index contributed by atoms with van der Waals surface area (Å²) in [4.78, 5) is 9.50. The highest BCUT2D eigenvalue weighted by molar-refractivity contribution is 7.80. The van der Waals surface area contributed by atoms with Crippen LogP contribution in [0.3, 0.4) is 0 Å². The van der Waals surface area contributed by atoms with E-state index >= 15 is 0 Å². The van der Waals surface area contributed by atoms with Crippen molar-refractivity contribution in [3.05, 3.63) is 18.1 Å². The molecule has 2 rings (SSSR count). The van der Waals surface area contributed by atoms with E-state index in [2.05, 4.69) is 29.1 Å². The molecule has 0 aromatic carbocycles. The molecule has 3 nitrogen and oxygen atoms in total. The predicted octanol–water partition coefficient (Wildman–Crippen LogP) is 3.31. The molecule has 0 aliphatic carbocycles. The molecule has 0 saturated heterocycles. The Labute approximate surface area is 103 Å². The maximum absolute atomic E-state index is 5.36. The second-order valence-electron chi connectivity index (χ2n) is 3.50. The molecular weight excluding hydrogens is 218 g/mol. The van der Waals surface area contributed by atoms with Gasteiger partial charge in [0.15, 0.2) is 5.82 Å². The number of thiocarbonyl (C=S) groups is 1. The third-order valence-electron chi connectivity index (χ3n) is 3.03. The highest BCUT2D eigenvalue weighted by Gasteiger charge is 2.42. The lowest BCUT2D eigenvalue weighted by molar-refractivity contribution is 0.535. The monoisotopic (exact) mass is 237 g/mol. The fourth-order valence-electron chi connectivity index (χ4n) is 2.02. The summed E-state index contributed by atoms with van der Waals surface area (Å²) >= 11 is 5.36. The van der Waals surface area contributed by atoms with Crippen LogP contribution in [-0.2, 0) is 5.41 Å². The van der Waals surface area contributed by atoms with Gasteiger partial charge in [0.1, 0.15) is 0 Å². The van der Waals surface area contributed by atoms with Crippen molar-refractivity contribution >= 4 is 23.0 Å². The van der Waals surface area contributed by atoms with E-state index in [0.717, 1.165) is 29.3 Å². The van der Waals surface area contributed by atoms with Gasteiger partial charge >= 0.3 is 0 Å². The van der Waals surface area contributed by atoms with Crippen LogP contribution in [0.25, 0.3) is 0 Å². The van der Waals surface area contributed by atoms with Gasteiger partial charge in [0.05, 0.1) is 16.1 Å². The van der Waals surface area contributed by atoms with Crippen LogP contribution in [0.15, 0.2) is 12.4 Å². The number of aromatic nitrogens is 2. The first-order chi connectivity index (χ1) is 7.74. The Bertz CT molecular complexity index is 372. The predicted molar refractivity (Wildman–Crippen MR) is 71.9 cm³/mol. The van der Waals surface area contributed by atoms with Gasteiger partial charge in [0.2, 0.25) is 0 Å². The quantitative estimate of drug-likeness (QED) is 0.801. The van der Waals surface area contributed by atoms with Gasteiger partial charge in [-0.1, -0.05) is 39.9 Å². The number of nitrogens with zero attached hydrogens (tertiary/aromatic N) is 2. The van der Waals surface area contributed by atoms with Gasteiger partial charge in [-0.25, -0.2) is 4.98 Å². The van der Waals surface area contributed by atoms with Crippen molar-refractivity contribution in [2.24, 2.45) is 0 Å². The van der Waals surface area contributed by atoms with Crippen molar-refractivity contribution in [2.75, 3.05) is 5.32 Å². The minimum atomic E-state index is -0.0844. The number of nitrogens with one attached hydrogen (secondary N) is 1. The maximum atomic E-state index is 5.36. The van der Waals surface area contributed by atoms with E-state index in [1.165, 1.54) is 0 Å². The van der Waals surface area contributed by atoms with Gasteiger partial charge < -0.3 is 5.32 Å². The fourth-order valence-corrected chi connectivity index (χ4v) is 2.50. The van der Waals surface area contributed by atoms with E-state index in [9.17, 15) is 0 Å². The minimum Gasteiger partial charge on any atom is -0.332 e. The lowest BCUT2D eigenvalue weighted by Gasteiger charge is -2.24.